The second-order valence-corrected chi connectivity index (χ2v) is 14.9. The number of hydrogen-bond acceptors (Lipinski definition) is 24. The summed E-state index contributed by atoms with van der Waals surface area (Å²) in [6.45, 7) is 4.63. The second-order valence-electron chi connectivity index (χ2n) is 14.9. The molecule has 12 N–H and O–H groups in total. The zero-order valence-electron chi connectivity index (χ0n) is 34.3. The van der Waals surface area contributed by atoms with E-state index in [2.05, 4.69) is 0 Å². The van der Waals surface area contributed by atoms with E-state index in [-0.39, 0.29) is 13.0 Å². The van der Waals surface area contributed by atoms with Gasteiger partial charge in [0.1, 0.15) is 49.3 Å². The fraction of sp³-hybridized carbons (Fsp3) is 0.829. The molecule has 0 spiro atoms. The van der Waals surface area contributed by atoms with Crippen LogP contribution >= 0.6 is 0 Å². The van der Waals surface area contributed by atoms with Crippen molar-refractivity contribution < 1.29 is 94.4 Å². The van der Waals surface area contributed by atoms with E-state index in [1.54, 1.807) is 0 Å². The van der Waals surface area contributed by atoms with Gasteiger partial charge in [-0.15, -0.1) is 0 Å². The number of ether oxygens (including phenoxy) is 12. The molecular formula is C35H56F2N6O18. The number of esters is 6. The highest BCUT2D eigenvalue weighted by Crippen LogP contribution is 2.40. The molecule has 61 heavy (non-hydrogen) atoms. The van der Waals surface area contributed by atoms with Crippen molar-refractivity contribution in [3.05, 3.63) is 0 Å². The molecule has 0 amide bonds. The van der Waals surface area contributed by atoms with Crippen LogP contribution in [0.3, 0.4) is 0 Å². The van der Waals surface area contributed by atoms with Crippen LogP contribution in [0, 0.1) is 0 Å². The second kappa shape index (κ2) is 21.0. The predicted octanol–water partition coefficient (Wildman–Crippen LogP) is -4.20. The van der Waals surface area contributed by atoms with Gasteiger partial charge in [0.25, 0.3) is 0 Å². The van der Waals surface area contributed by atoms with Crippen LogP contribution in [0.5, 0.6) is 0 Å². The molecule has 4 rings (SSSR count). The van der Waals surface area contributed by atoms with Crippen molar-refractivity contribution in [3.8, 4) is 0 Å². The Morgan fingerprint density at radius 2 is 1.00 bits per heavy atom. The van der Waals surface area contributed by atoms with Gasteiger partial charge >= 0.3 is 41.7 Å². The summed E-state index contributed by atoms with van der Waals surface area (Å²) in [6.07, 6.45) is -22.6. The van der Waals surface area contributed by atoms with Gasteiger partial charge in [-0.1, -0.05) is 0 Å². The number of hydrogen-bond donors (Lipinski definition) is 6. The molecule has 24 nitrogen and oxygen atoms in total. The molecule has 4 fully saturated rings. The maximum Gasteiger partial charge on any atom is 0.312 e. The molecule has 26 heteroatoms. The van der Waals surface area contributed by atoms with Crippen LogP contribution in [-0.2, 0) is 85.6 Å². The highest BCUT2D eigenvalue weighted by molar-refractivity contribution is 5.68. The van der Waals surface area contributed by atoms with Crippen LogP contribution in [0.15, 0.2) is 0 Å². The SMILES string of the molecule is CC(=O)OC[C@H]1O[C@@H](O[C@@H]2[C@@H](OC(C)=O)[C@H](N)C[C@H](N)[C@H]2O[C@H]2O[C@H](CN)C(F)(F)[C@H](OC(C)=O)[C@H]2N)[C@H](OC(C)=O)C1OC1O[C@@H](CN)[C@@H](OC(C)=O)[C@H](OC(C)=O)[C@H]1N. The van der Waals surface area contributed by atoms with Gasteiger partial charge in [-0.3, -0.25) is 28.8 Å². The molecule has 3 heterocycles. The van der Waals surface area contributed by atoms with Crippen molar-refractivity contribution in [3.63, 3.8) is 0 Å². The van der Waals surface area contributed by atoms with Crippen LogP contribution in [0.4, 0.5) is 8.78 Å². The number of carbonyl (C=O) groups is 6. The first kappa shape index (κ1) is 49.9. The Balaban J connectivity index is 1.75. The average Bonchev–Trinajstić information content (AvgIpc) is 3.45. The fourth-order valence-corrected chi connectivity index (χ4v) is 7.52. The molecule has 3 aliphatic heterocycles. The van der Waals surface area contributed by atoms with E-state index in [1.807, 2.05) is 0 Å². The highest BCUT2D eigenvalue weighted by Gasteiger charge is 2.61. The van der Waals surface area contributed by atoms with Crippen molar-refractivity contribution in [2.24, 2.45) is 34.4 Å². The molecule has 0 bridgehead atoms. The molecule has 3 saturated heterocycles. The number of halogens is 2. The van der Waals surface area contributed by atoms with Gasteiger partial charge in [-0.25, -0.2) is 0 Å². The zero-order chi connectivity index (χ0) is 45.7. The van der Waals surface area contributed by atoms with E-state index in [4.69, 9.17) is 91.2 Å². The Hall–Kier alpha value is -3.80. The molecule has 0 aromatic rings. The van der Waals surface area contributed by atoms with Gasteiger partial charge in [0, 0.05) is 66.7 Å². The lowest BCUT2D eigenvalue weighted by molar-refractivity contribution is -0.335. The minimum absolute atomic E-state index is 0.120. The molecule has 2 unspecified atom stereocenters. The molecule has 0 aromatic carbocycles. The smallest absolute Gasteiger partial charge is 0.312 e. The third-order valence-corrected chi connectivity index (χ3v) is 10.0. The first-order valence-electron chi connectivity index (χ1n) is 19.2. The van der Waals surface area contributed by atoms with Gasteiger partial charge in [0.05, 0.1) is 12.1 Å². The third kappa shape index (κ3) is 12.0. The maximum atomic E-state index is 15.4. The van der Waals surface area contributed by atoms with Crippen LogP contribution in [-0.4, -0.2) is 172 Å². The topological polar surface area (TPSA) is 369 Å². The minimum atomic E-state index is -3.87. The molecule has 348 valence electrons. The summed E-state index contributed by atoms with van der Waals surface area (Å²) < 4.78 is 99.4. The van der Waals surface area contributed by atoms with Crippen LogP contribution in [0.1, 0.15) is 48.0 Å². The molecule has 1 aliphatic carbocycles. The van der Waals surface area contributed by atoms with Crippen molar-refractivity contribution >= 4 is 35.8 Å². The first-order valence-corrected chi connectivity index (χ1v) is 19.2. The standard InChI is InChI=1S/C35H56F2N6O18/c1-11(44)50-10-20-27(60-32-22(42)28(53-14(4)47)26(52-13(3)46)19(8-38)56-32)30(54-15(5)48)34(57-20)61-29-24(51-12(2)45)17(40)7-18(41)25(29)59-33-23(43)31(55-16(6)49)35(36,37)21(9-39)58-33/h17-34H,7-10,38-43H2,1-6H3/t17-,18+,19+,20-,21-,22-,23-,24+,25-,26-,27?,28-,29-,30-,31-,32?,33-,34+/m1/s1. The average molecular weight is 887 g/mol. The lowest BCUT2D eigenvalue weighted by atomic mass is 9.84. The van der Waals surface area contributed by atoms with Gasteiger partial charge in [-0.2, -0.15) is 8.78 Å². The summed E-state index contributed by atoms with van der Waals surface area (Å²) in [6, 6.07) is -5.48. The summed E-state index contributed by atoms with van der Waals surface area (Å²) in [5, 5.41) is 0. The Labute approximate surface area is 348 Å². The Kier molecular flexibility index (Phi) is 17.2. The third-order valence-electron chi connectivity index (χ3n) is 10.0. The van der Waals surface area contributed by atoms with E-state index in [0.717, 1.165) is 41.5 Å². The van der Waals surface area contributed by atoms with Crippen LogP contribution in [0.2, 0.25) is 0 Å². The quantitative estimate of drug-likeness (QED) is 0.0671. The maximum absolute atomic E-state index is 15.4. The minimum Gasteiger partial charge on any atom is -0.463 e. The Morgan fingerprint density at radius 1 is 0.525 bits per heavy atom. The summed E-state index contributed by atoms with van der Waals surface area (Å²) in [7, 11) is 0. The van der Waals surface area contributed by atoms with Gasteiger partial charge < -0.3 is 91.2 Å². The van der Waals surface area contributed by atoms with Gasteiger partial charge in [0.15, 0.2) is 43.3 Å². The Morgan fingerprint density at radius 3 is 1.54 bits per heavy atom. The molecule has 1 saturated carbocycles. The van der Waals surface area contributed by atoms with E-state index < -0.39 is 165 Å². The number of rotatable bonds is 15. The predicted molar refractivity (Wildman–Crippen MR) is 195 cm³/mol. The molecule has 0 radical (unpaired) electrons. The highest BCUT2D eigenvalue weighted by atomic mass is 19.3. The number of nitrogens with two attached hydrogens (primary N) is 6. The summed E-state index contributed by atoms with van der Waals surface area (Å²) in [5.41, 5.74) is 37.2. The van der Waals surface area contributed by atoms with E-state index in [9.17, 15) is 28.8 Å². The molecular weight excluding hydrogens is 830 g/mol. The lowest BCUT2D eigenvalue weighted by Gasteiger charge is -2.48. The Bertz CT molecular complexity index is 1590. The van der Waals surface area contributed by atoms with Crippen molar-refractivity contribution in [2.45, 2.75) is 164 Å². The normalized spacial score (nSPS) is 39.6. The molecule has 0 aromatic heterocycles. The monoisotopic (exact) mass is 886 g/mol. The van der Waals surface area contributed by atoms with E-state index >= 15 is 8.78 Å². The van der Waals surface area contributed by atoms with Crippen molar-refractivity contribution in [1.82, 2.24) is 0 Å². The summed E-state index contributed by atoms with van der Waals surface area (Å²) >= 11 is 0. The lowest BCUT2D eigenvalue weighted by Crippen LogP contribution is -2.70. The first-order chi connectivity index (χ1) is 28.5. The van der Waals surface area contributed by atoms with E-state index in [0.29, 0.717) is 0 Å². The van der Waals surface area contributed by atoms with Crippen LogP contribution in [0.25, 0.3) is 0 Å². The van der Waals surface area contributed by atoms with E-state index in [1.165, 1.54) is 0 Å². The van der Waals surface area contributed by atoms with Gasteiger partial charge in [-0.05, 0) is 6.42 Å². The van der Waals surface area contributed by atoms with Crippen LogP contribution < -0.4 is 34.4 Å². The number of carbonyl (C=O) groups excluding carboxylic acids is 6. The molecule has 4 aliphatic rings. The van der Waals surface area contributed by atoms with Crippen molar-refractivity contribution in [2.75, 3.05) is 19.7 Å². The summed E-state index contributed by atoms with van der Waals surface area (Å²) in [5.74, 6) is -9.08. The fourth-order valence-electron chi connectivity index (χ4n) is 7.52. The number of alkyl halides is 2. The molecule has 18 atom stereocenters. The van der Waals surface area contributed by atoms with Crippen molar-refractivity contribution in [1.29, 1.82) is 0 Å². The largest absolute Gasteiger partial charge is 0.463 e. The zero-order valence-corrected chi connectivity index (χ0v) is 34.3. The summed E-state index contributed by atoms with van der Waals surface area (Å²) in [4.78, 5) is 73.2. The van der Waals surface area contributed by atoms with Gasteiger partial charge in [0.2, 0.25) is 0 Å².